The third-order valence-corrected chi connectivity index (χ3v) is 4.61. The average molecular weight is 431 g/mol. The van der Waals surface area contributed by atoms with Gasteiger partial charge in [0.25, 0.3) is 6.02 Å². The lowest BCUT2D eigenvalue weighted by atomic mass is 9.83. The molecule has 0 saturated carbocycles. The van der Waals surface area contributed by atoms with Gasteiger partial charge in [0.2, 0.25) is 0 Å². The molecule has 0 saturated heterocycles. The molecule has 0 bridgehead atoms. The molecule has 11 heteroatoms. The van der Waals surface area contributed by atoms with Crippen molar-refractivity contribution in [3.63, 3.8) is 0 Å². The van der Waals surface area contributed by atoms with Crippen LogP contribution in [-0.2, 0) is 16.7 Å². The Balaban J connectivity index is 1.96. The van der Waals surface area contributed by atoms with Crippen LogP contribution in [0.2, 0.25) is 0 Å². The predicted molar refractivity (Wildman–Crippen MR) is 93.4 cm³/mol. The molecule has 30 heavy (non-hydrogen) atoms. The molecule has 0 unspecified atom stereocenters. The highest BCUT2D eigenvalue weighted by Crippen LogP contribution is 2.41. The van der Waals surface area contributed by atoms with Crippen LogP contribution in [0.4, 0.5) is 26.3 Å². The average Bonchev–Trinajstić information content (AvgIpc) is 2.68. The third kappa shape index (κ3) is 4.39. The number of aromatic nitrogens is 1. The van der Waals surface area contributed by atoms with Crippen LogP contribution in [0.3, 0.4) is 0 Å². The Morgan fingerprint density at radius 3 is 2.57 bits per heavy atom. The van der Waals surface area contributed by atoms with Crippen molar-refractivity contribution >= 4 is 11.8 Å². The summed E-state index contributed by atoms with van der Waals surface area (Å²) in [6, 6.07) is 4.45. The van der Waals surface area contributed by atoms with Gasteiger partial charge in [-0.3, -0.25) is 9.78 Å². The molecule has 0 fully saturated rings. The van der Waals surface area contributed by atoms with E-state index in [0.717, 1.165) is 30.5 Å². The minimum absolute atomic E-state index is 0.0621. The Labute approximate surface area is 166 Å². The second kappa shape index (κ2) is 7.96. The Morgan fingerprint density at radius 2 is 1.97 bits per heavy atom. The minimum atomic E-state index is -4.88. The molecule has 1 aliphatic rings. The van der Waals surface area contributed by atoms with Crippen molar-refractivity contribution in [2.24, 2.45) is 10.7 Å². The van der Waals surface area contributed by atoms with Crippen molar-refractivity contribution in [3.05, 3.63) is 65.0 Å². The topological polar surface area (TPSA) is 77.6 Å². The van der Waals surface area contributed by atoms with Gasteiger partial charge in [0.1, 0.15) is 29.5 Å². The molecule has 0 amide bonds. The number of carbonyl (C=O) groups is 1. The van der Waals surface area contributed by atoms with Crippen LogP contribution in [0.5, 0.6) is 0 Å². The summed E-state index contributed by atoms with van der Waals surface area (Å²) < 4.78 is 85.3. The number of rotatable bonds is 5. The highest BCUT2D eigenvalue weighted by atomic mass is 19.4. The van der Waals surface area contributed by atoms with Crippen LogP contribution in [0.15, 0.2) is 41.5 Å². The van der Waals surface area contributed by atoms with Crippen LogP contribution in [0, 0.1) is 11.6 Å². The SMILES string of the molecule is NC1=N[C@](CF)(c2cc(CC(=O)c3ccc(F)cn3)ccc2F)C[C@@H](C(F)(F)F)O1. The van der Waals surface area contributed by atoms with Crippen LogP contribution >= 0.6 is 0 Å². The van der Waals surface area contributed by atoms with Gasteiger partial charge in [-0.1, -0.05) is 6.07 Å². The molecule has 160 valence electrons. The normalized spacial score (nSPS) is 21.7. The fourth-order valence-electron chi connectivity index (χ4n) is 3.14. The van der Waals surface area contributed by atoms with Gasteiger partial charge >= 0.3 is 6.18 Å². The van der Waals surface area contributed by atoms with E-state index in [1.807, 2.05) is 0 Å². The zero-order chi connectivity index (χ0) is 22.1. The van der Waals surface area contributed by atoms with Crippen molar-refractivity contribution in [1.29, 1.82) is 0 Å². The predicted octanol–water partition coefficient (Wildman–Crippen LogP) is 3.62. The highest BCUT2D eigenvalue weighted by molar-refractivity contribution is 5.95. The minimum Gasteiger partial charge on any atom is -0.452 e. The second-order valence-electron chi connectivity index (χ2n) is 6.74. The van der Waals surface area contributed by atoms with Crippen molar-refractivity contribution in [1.82, 2.24) is 4.98 Å². The number of alkyl halides is 4. The molecule has 0 aliphatic carbocycles. The zero-order valence-electron chi connectivity index (χ0n) is 15.2. The lowest BCUT2D eigenvalue weighted by Crippen LogP contribution is -2.48. The summed E-state index contributed by atoms with van der Waals surface area (Å²) >= 11 is 0. The summed E-state index contributed by atoms with van der Waals surface area (Å²) in [5.74, 6) is -2.21. The van der Waals surface area contributed by atoms with Crippen LogP contribution in [-0.4, -0.2) is 35.7 Å². The van der Waals surface area contributed by atoms with Gasteiger partial charge < -0.3 is 10.5 Å². The number of ketones is 1. The van der Waals surface area contributed by atoms with Gasteiger partial charge in [0, 0.05) is 18.4 Å². The first-order valence-electron chi connectivity index (χ1n) is 8.62. The number of pyridine rings is 1. The van der Waals surface area contributed by atoms with E-state index < -0.39 is 59.9 Å². The van der Waals surface area contributed by atoms with Gasteiger partial charge in [0.05, 0.1) is 6.20 Å². The molecule has 2 N–H and O–H groups in total. The maximum absolute atomic E-state index is 14.5. The Morgan fingerprint density at radius 1 is 1.23 bits per heavy atom. The van der Waals surface area contributed by atoms with Crippen molar-refractivity contribution in [2.75, 3.05) is 6.67 Å². The van der Waals surface area contributed by atoms with E-state index in [0.29, 0.717) is 0 Å². The van der Waals surface area contributed by atoms with Crippen LogP contribution in [0.25, 0.3) is 0 Å². The molecule has 0 radical (unpaired) electrons. The first-order valence-corrected chi connectivity index (χ1v) is 8.62. The van der Waals surface area contributed by atoms with Gasteiger partial charge in [-0.05, 0) is 29.8 Å². The van der Waals surface area contributed by atoms with E-state index >= 15 is 0 Å². The fourth-order valence-corrected chi connectivity index (χ4v) is 3.14. The molecule has 2 heterocycles. The van der Waals surface area contributed by atoms with Crippen LogP contribution < -0.4 is 5.73 Å². The number of ether oxygens (including phenoxy) is 1. The number of carbonyl (C=O) groups excluding carboxylic acids is 1. The zero-order valence-corrected chi connectivity index (χ0v) is 15.2. The van der Waals surface area contributed by atoms with Crippen molar-refractivity contribution in [2.45, 2.75) is 30.7 Å². The Bertz CT molecular complexity index is 977. The summed E-state index contributed by atoms with van der Waals surface area (Å²) in [5, 5.41) is 0. The van der Waals surface area contributed by atoms with E-state index in [-0.39, 0.29) is 17.7 Å². The largest absolute Gasteiger partial charge is 0.452 e. The Kier molecular flexibility index (Phi) is 5.73. The molecule has 1 aromatic carbocycles. The summed E-state index contributed by atoms with van der Waals surface area (Å²) in [5.41, 5.74) is 2.68. The summed E-state index contributed by atoms with van der Waals surface area (Å²) in [7, 11) is 0. The third-order valence-electron chi connectivity index (χ3n) is 4.61. The number of Topliss-reactive ketones (excluding diaryl/α,β-unsaturated/α-hetero) is 1. The molecule has 1 aromatic heterocycles. The highest BCUT2D eigenvalue weighted by Gasteiger charge is 2.52. The van der Waals surface area contributed by atoms with E-state index in [1.54, 1.807) is 0 Å². The smallest absolute Gasteiger partial charge is 0.425 e. The number of halogens is 6. The quantitative estimate of drug-likeness (QED) is 0.580. The number of amidine groups is 1. The van der Waals surface area contributed by atoms with E-state index in [4.69, 9.17) is 5.73 Å². The number of nitrogens with two attached hydrogens (primary N) is 1. The molecular weight excluding hydrogens is 416 g/mol. The van der Waals surface area contributed by atoms with E-state index in [2.05, 4.69) is 14.7 Å². The first kappa shape index (κ1) is 21.6. The number of hydrogen-bond acceptors (Lipinski definition) is 5. The fraction of sp³-hybridized carbons (Fsp3) is 0.316. The Hall–Kier alpha value is -3.11. The second-order valence-corrected chi connectivity index (χ2v) is 6.74. The molecular formula is C19H15F6N3O2. The maximum Gasteiger partial charge on any atom is 0.425 e. The van der Waals surface area contributed by atoms with E-state index in [1.165, 1.54) is 6.07 Å². The molecule has 2 atom stereocenters. The molecule has 2 aromatic rings. The van der Waals surface area contributed by atoms with Crippen molar-refractivity contribution < 1.29 is 35.9 Å². The van der Waals surface area contributed by atoms with Crippen molar-refractivity contribution in [3.8, 4) is 0 Å². The van der Waals surface area contributed by atoms with Gasteiger partial charge in [-0.15, -0.1) is 0 Å². The summed E-state index contributed by atoms with van der Waals surface area (Å²) in [6.45, 7) is -1.47. The number of aliphatic imine (C=N–C) groups is 1. The van der Waals surface area contributed by atoms with Gasteiger partial charge in [-0.25, -0.2) is 18.2 Å². The number of hydrogen-bond donors (Lipinski definition) is 1. The molecule has 3 rings (SSSR count). The van der Waals surface area contributed by atoms with Gasteiger partial charge in [-0.2, -0.15) is 13.2 Å². The molecule has 5 nitrogen and oxygen atoms in total. The first-order chi connectivity index (χ1) is 14.0. The maximum atomic E-state index is 14.5. The molecule has 0 spiro atoms. The standard InChI is InChI=1S/C19H15F6N3O2/c20-9-18(7-16(19(23,24)25)30-17(26)28-18)12-5-10(1-3-13(12)22)6-15(29)14-4-2-11(21)8-27-14/h1-5,8,16H,6-7,9H2,(H2,26,28)/t16-,18+/m0/s1. The van der Waals surface area contributed by atoms with Gasteiger partial charge in [0.15, 0.2) is 11.9 Å². The summed E-state index contributed by atoms with van der Waals surface area (Å²) in [4.78, 5) is 19.6. The number of nitrogens with zero attached hydrogens (tertiary/aromatic N) is 2. The molecule has 1 aliphatic heterocycles. The lowest BCUT2D eigenvalue weighted by molar-refractivity contribution is -0.209. The summed E-state index contributed by atoms with van der Waals surface area (Å²) in [6.07, 6.45) is -7.86. The van der Waals surface area contributed by atoms with E-state index in [9.17, 15) is 31.1 Å². The lowest BCUT2D eigenvalue weighted by Gasteiger charge is -2.36. The number of benzene rings is 1. The van der Waals surface area contributed by atoms with Crippen LogP contribution in [0.1, 0.15) is 28.0 Å². The monoisotopic (exact) mass is 431 g/mol.